The Labute approximate surface area is 125 Å². The second-order valence-corrected chi connectivity index (χ2v) is 6.29. The lowest BCUT2D eigenvalue weighted by molar-refractivity contribution is -0.0105. The maximum atomic E-state index is 12.8. The number of rotatable bonds is 5. The molecule has 1 fully saturated rings. The minimum atomic E-state index is -2.51. The molecule has 2 nitrogen and oxygen atoms in total. The molecule has 1 atom stereocenters. The van der Waals surface area contributed by atoms with Crippen molar-refractivity contribution >= 4 is 0 Å². The molecule has 0 heterocycles. The highest BCUT2D eigenvalue weighted by Gasteiger charge is 2.40. The maximum absolute atomic E-state index is 12.8. The van der Waals surface area contributed by atoms with Gasteiger partial charge in [0.25, 0.3) is 6.43 Å². The van der Waals surface area contributed by atoms with Gasteiger partial charge >= 0.3 is 0 Å². The van der Waals surface area contributed by atoms with Crippen molar-refractivity contribution in [3.8, 4) is 0 Å². The van der Waals surface area contributed by atoms with Crippen molar-refractivity contribution in [1.82, 2.24) is 0 Å². The number of hydrogen-bond donors (Lipinski definition) is 2. The van der Waals surface area contributed by atoms with E-state index in [1.54, 1.807) is 12.1 Å². The van der Waals surface area contributed by atoms with Crippen LogP contribution in [0.5, 0.6) is 0 Å². The third-order valence-corrected chi connectivity index (χ3v) is 5.14. The Balaban J connectivity index is 2.20. The van der Waals surface area contributed by atoms with E-state index in [2.05, 4.69) is 6.92 Å². The second-order valence-electron chi connectivity index (χ2n) is 6.29. The van der Waals surface area contributed by atoms with Gasteiger partial charge in [-0.05, 0) is 43.2 Å². The van der Waals surface area contributed by atoms with Crippen LogP contribution < -0.4 is 5.73 Å². The molecule has 0 amide bonds. The van der Waals surface area contributed by atoms with E-state index < -0.39 is 12.5 Å². The standard InChI is InChI=1S/C17H25F2NO/c1-2-12-6-8-17(11-20,9-7-12)15(21)13-4-3-5-14(10-13)16(18)19/h3-5,10,12,15-16,21H,2,6-9,11,20H2,1H3. The molecule has 0 aromatic heterocycles. The van der Waals surface area contributed by atoms with Crippen molar-refractivity contribution in [2.24, 2.45) is 17.1 Å². The predicted molar refractivity (Wildman–Crippen MR) is 80.1 cm³/mol. The van der Waals surface area contributed by atoms with Crippen LogP contribution >= 0.6 is 0 Å². The SMILES string of the molecule is CCC1CCC(CN)(C(O)c2cccc(C(F)F)c2)CC1. The molecule has 2 rings (SSSR count). The van der Waals surface area contributed by atoms with Crippen LogP contribution in [-0.4, -0.2) is 11.7 Å². The van der Waals surface area contributed by atoms with E-state index in [4.69, 9.17) is 5.73 Å². The number of nitrogens with two attached hydrogens (primary N) is 1. The summed E-state index contributed by atoms with van der Waals surface area (Å²) in [6, 6.07) is 6.12. The van der Waals surface area contributed by atoms with Gasteiger partial charge in [-0.2, -0.15) is 0 Å². The Morgan fingerprint density at radius 3 is 2.43 bits per heavy atom. The molecule has 3 N–H and O–H groups in total. The molecule has 21 heavy (non-hydrogen) atoms. The molecule has 1 aliphatic rings. The third kappa shape index (κ3) is 3.43. The highest BCUT2D eigenvalue weighted by Crippen LogP contribution is 2.47. The Morgan fingerprint density at radius 2 is 1.90 bits per heavy atom. The van der Waals surface area contributed by atoms with Gasteiger partial charge in [0.2, 0.25) is 0 Å². The van der Waals surface area contributed by atoms with E-state index >= 15 is 0 Å². The van der Waals surface area contributed by atoms with Crippen molar-refractivity contribution in [3.63, 3.8) is 0 Å². The number of alkyl halides is 2. The smallest absolute Gasteiger partial charge is 0.263 e. The molecule has 1 aromatic carbocycles. The molecule has 0 aliphatic heterocycles. The fourth-order valence-corrected chi connectivity index (χ4v) is 3.47. The normalized spacial score (nSPS) is 27.8. The van der Waals surface area contributed by atoms with Crippen molar-refractivity contribution in [2.75, 3.05) is 6.54 Å². The van der Waals surface area contributed by atoms with Gasteiger partial charge in [0.15, 0.2) is 0 Å². The van der Waals surface area contributed by atoms with Gasteiger partial charge in [-0.3, -0.25) is 0 Å². The van der Waals surface area contributed by atoms with E-state index in [9.17, 15) is 13.9 Å². The van der Waals surface area contributed by atoms with Crippen LogP contribution in [-0.2, 0) is 0 Å². The molecule has 0 bridgehead atoms. The van der Waals surface area contributed by atoms with Crippen LogP contribution in [0.1, 0.15) is 62.7 Å². The van der Waals surface area contributed by atoms with Crippen LogP contribution in [0.2, 0.25) is 0 Å². The van der Waals surface area contributed by atoms with Crippen molar-refractivity contribution in [3.05, 3.63) is 35.4 Å². The fraction of sp³-hybridized carbons (Fsp3) is 0.647. The molecule has 118 valence electrons. The van der Waals surface area contributed by atoms with Gasteiger partial charge in [-0.1, -0.05) is 31.5 Å². The lowest BCUT2D eigenvalue weighted by atomic mass is 9.65. The summed E-state index contributed by atoms with van der Waals surface area (Å²) >= 11 is 0. The molecule has 0 spiro atoms. The molecule has 1 aliphatic carbocycles. The number of halogens is 2. The van der Waals surface area contributed by atoms with Crippen LogP contribution in [0.25, 0.3) is 0 Å². The zero-order valence-corrected chi connectivity index (χ0v) is 12.6. The summed E-state index contributed by atoms with van der Waals surface area (Å²) in [5, 5.41) is 10.7. The third-order valence-electron chi connectivity index (χ3n) is 5.14. The Hall–Kier alpha value is -1.00. The van der Waals surface area contributed by atoms with E-state index in [1.807, 2.05) is 0 Å². The van der Waals surface area contributed by atoms with Gasteiger partial charge in [0.05, 0.1) is 6.10 Å². The molecule has 0 radical (unpaired) electrons. The molecule has 1 unspecified atom stereocenters. The lowest BCUT2D eigenvalue weighted by Crippen LogP contribution is -2.40. The summed E-state index contributed by atoms with van der Waals surface area (Å²) in [7, 11) is 0. The van der Waals surface area contributed by atoms with Crippen LogP contribution in [0, 0.1) is 11.3 Å². The zero-order valence-electron chi connectivity index (χ0n) is 12.6. The number of hydrogen-bond acceptors (Lipinski definition) is 2. The summed E-state index contributed by atoms with van der Waals surface area (Å²) < 4.78 is 25.6. The summed E-state index contributed by atoms with van der Waals surface area (Å²) in [6.07, 6.45) is 1.71. The fourth-order valence-electron chi connectivity index (χ4n) is 3.47. The topological polar surface area (TPSA) is 46.2 Å². The van der Waals surface area contributed by atoms with E-state index in [1.165, 1.54) is 12.1 Å². The first-order chi connectivity index (χ1) is 10.0. The number of aliphatic hydroxyl groups is 1. The predicted octanol–water partition coefficient (Wildman–Crippen LogP) is 4.20. The molecule has 1 aromatic rings. The minimum Gasteiger partial charge on any atom is -0.388 e. The second kappa shape index (κ2) is 6.84. The largest absolute Gasteiger partial charge is 0.388 e. The Bertz CT molecular complexity index is 456. The molecular weight excluding hydrogens is 272 g/mol. The highest BCUT2D eigenvalue weighted by atomic mass is 19.3. The Morgan fingerprint density at radius 1 is 1.29 bits per heavy atom. The molecule has 4 heteroatoms. The van der Waals surface area contributed by atoms with E-state index in [0.29, 0.717) is 18.0 Å². The zero-order chi connectivity index (χ0) is 15.5. The van der Waals surface area contributed by atoms with Gasteiger partial charge in [-0.15, -0.1) is 0 Å². The van der Waals surface area contributed by atoms with Crippen LogP contribution in [0.15, 0.2) is 24.3 Å². The van der Waals surface area contributed by atoms with Gasteiger partial charge < -0.3 is 10.8 Å². The summed E-state index contributed by atoms with van der Waals surface area (Å²) in [4.78, 5) is 0. The van der Waals surface area contributed by atoms with Crippen LogP contribution in [0.4, 0.5) is 8.78 Å². The first-order valence-electron chi connectivity index (χ1n) is 7.78. The highest BCUT2D eigenvalue weighted by molar-refractivity contribution is 5.27. The monoisotopic (exact) mass is 297 g/mol. The number of aliphatic hydroxyl groups excluding tert-OH is 1. The van der Waals surface area contributed by atoms with E-state index in [-0.39, 0.29) is 11.0 Å². The summed E-state index contributed by atoms with van der Waals surface area (Å²) in [5.74, 6) is 0.698. The maximum Gasteiger partial charge on any atom is 0.263 e. The summed E-state index contributed by atoms with van der Waals surface area (Å²) in [6.45, 7) is 2.58. The van der Waals surface area contributed by atoms with Gasteiger partial charge in [0, 0.05) is 17.5 Å². The quantitative estimate of drug-likeness (QED) is 0.855. The molecule has 1 saturated carbocycles. The van der Waals surface area contributed by atoms with Gasteiger partial charge in [0.1, 0.15) is 0 Å². The van der Waals surface area contributed by atoms with Crippen molar-refractivity contribution in [2.45, 2.75) is 51.6 Å². The Kier molecular flexibility index (Phi) is 5.33. The minimum absolute atomic E-state index is 0.0408. The van der Waals surface area contributed by atoms with Crippen molar-refractivity contribution < 1.29 is 13.9 Å². The van der Waals surface area contributed by atoms with Gasteiger partial charge in [-0.25, -0.2) is 8.78 Å². The lowest BCUT2D eigenvalue weighted by Gasteiger charge is -2.43. The average molecular weight is 297 g/mol. The average Bonchev–Trinajstić information content (AvgIpc) is 2.54. The van der Waals surface area contributed by atoms with Crippen LogP contribution in [0.3, 0.4) is 0 Å². The first kappa shape index (κ1) is 16.4. The first-order valence-corrected chi connectivity index (χ1v) is 7.78. The molecular formula is C17H25F2NO. The van der Waals surface area contributed by atoms with Crippen molar-refractivity contribution in [1.29, 1.82) is 0 Å². The summed E-state index contributed by atoms with van der Waals surface area (Å²) in [5.41, 5.74) is 6.11. The number of benzene rings is 1. The van der Waals surface area contributed by atoms with E-state index in [0.717, 1.165) is 32.1 Å². The molecule has 0 saturated heterocycles.